The third-order valence-corrected chi connectivity index (χ3v) is 7.67. The van der Waals surface area contributed by atoms with Crippen LogP contribution < -0.4 is 15.1 Å². The van der Waals surface area contributed by atoms with Crippen LogP contribution in [0.1, 0.15) is 58.1 Å². The van der Waals surface area contributed by atoms with Crippen molar-refractivity contribution >= 4 is 29.2 Å². The second kappa shape index (κ2) is 8.45. The highest BCUT2D eigenvalue weighted by Gasteiger charge is 2.52. The summed E-state index contributed by atoms with van der Waals surface area (Å²) < 4.78 is 0. The predicted molar refractivity (Wildman–Crippen MR) is 134 cm³/mol. The van der Waals surface area contributed by atoms with Gasteiger partial charge in [-0.25, -0.2) is 9.69 Å². The van der Waals surface area contributed by atoms with Crippen LogP contribution in [-0.4, -0.2) is 52.4 Å². The lowest BCUT2D eigenvalue weighted by molar-refractivity contribution is -0.123. The van der Waals surface area contributed by atoms with Crippen LogP contribution in [0.5, 0.6) is 0 Å². The van der Waals surface area contributed by atoms with Crippen molar-refractivity contribution in [1.29, 1.82) is 0 Å². The van der Waals surface area contributed by atoms with Gasteiger partial charge >= 0.3 is 6.03 Å². The number of carbonyl (C=O) groups excluding carboxylic acids is 3. The van der Waals surface area contributed by atoms with E-state index in [1.165, 1.54) is 11.3 Å². The lowest BCUT2D eigenvalue weighted by Gasteiger charge is -2.28. The molecule has 5 rings (SSSR count). The van der Waals surface area contributed by atoms with Gasteiger partial charge in [-0.15, -0.1) is 0 Å². The molecule has 1 saturated heterocycles. The quantitative estimate of drug-likeness (QED) is 0.646. The van der Waals surface area contributed by atoms with Gasteiger partial charge in [-0.2, -0.15) is 0 Å². The van der Waals surface area contributed by atoms with Crippen molar-refractivity contribution in [1.82, 2.24) is 15.2 Å². The molecule has 3 aliphatic rings. The van der Waals surface area contributed by atoms with Crippen LogP contribution in [0.4, 0.5) is 16.2 Å². The molecule has 0 radical (unpaired) electrons. The van der Waals surface area contributed by atoms with Crippen LogP contribution in [-0.2, 0) is 21.5 Å². The summed E-state index contributed by atoms with van der Waals surface area (Å²) in [6.45, 7) is 8.94. The van der Waals surface area contributed by atoms with Crippen molar-refractivity contribution in [2.45, 2.75) is 70.5 Å². The predicted octanol–water partition coefficient (Wildman–Crippen LogP) is 3.60. The number of pyridine rings is 1. The summed E-state index contributed by atoms with van der Waals surface area (Å²) in [6.07, 6.45) is 6.79. The maximum atomic E-state index is 13.5. The van der Waals surface area contributed by atoms with Crippen LogP contribution in [0.3, 0.4) is 0 Å². The average Bonchev–Trinajstić information content (AvgIpc) is 3.15. The summed E-state index contributed by atoms with van der Waals surface area (Å²) in [5.74, 6) is -0.266. The zero-order valence-electron chi connectivity index (χ0n) is 20.9. The van der Waals surface area contributed by atoms with E-state index >= 15 is 0 Å². The molecule has 8 heteroatoms. The number of nitrogens with zero attached hydrogens (tertiary/aromatic N) is 4. The van der Waals surface area contributed by atoms with Gasteiger partial charge in [0.2, 0.25) is 5.91 Å². The second-order valence-electron chi connectivity index (χ2n) is 11.0. The molecule has 8 nitrogen and oxygen atoms in total. The highest BCUT2D eigenvalue weighted by atomic mass is 16.2. The molecule has 1 N–H and O–H groups in total. The molecule has 184 valence electrons. The van der Waals surface area contributed by atoms with Crippen LogP contribution in [0.25, 0.3) is 0 Å². The van der Waals surface area contributed by atoms with Crippen LogP contribution in [0.2, 0.25) is 0 Å². The fraction of sp³-hybridized carbons (Fsp3) is 0.481. The number of hydrogen-bond acceptors (Lipinski definition) is 5. The summed E-state index contributed by atoms with van der Waals surface area (Å²) in [5.41, 5.74) is 2.00. The van der Waals surface area contributed by atoms with Gasteiger partial charge in [-0.1, -0.05) is 26.3 Å². The number of urea groups is 1. The highest BCUT2D eigenvalue weighted by molar-refractivity contribution is 6.23. The summed E-state index contributed by atoms with van der Waals surface area (Å²) in [7, 11) is 0. The van der Waals surface area contributed by atoms with E-state index in [-0.39, 0.29) is 23.3 Å². The first-order chi connectivity index (χ1) is 16.6. The first kappa shape index (κ1) is 23.5. The first-order valence-corrected chi connectivity index (χ1v) is 12.3. The Bertz CT molecular complexity index is 1170. The van der Waals surface area contributed by atoms with Gasteiger partial charge in [0.1, 0.15) is 5.54 Å². The lowest BCUT2D eigenvalue weighted by atomic mass is 9.87. The maximum Gasteiger partial charge on any atom is 0.332 e. The van der Waals surface area contributed by atoms with Gasteiger partial charge in [0.05, 0.1) is 12.2 Å². The number of benzene rings is 1. The largest absolute Gasteiger partial charge is 0.332 e. The monoisotopic (exact) mass is 475 g/mol. The molecule has 4 amide bonds. The molecule has 1 saturated carbocycles. The number of fused-ring (bicyclic) bond motifs is 1. The third kappa shape index (κ3) is 3.99. The zero-order valence-corrected chi connectivity index (χ0v) is 20.9. The van der Waals surface area contributed by atoms with Gasteiger partial charge in [0.15, 0.2) is 0 Å². The van der Waals surface area contributed by atoms with Crippen molar-refractivity contribution in [2.24, 2.45) is 0 Å². The molecule has 0 atom stereocenters. The summed E-state index contributed by atoms with van der Waals surface area (Å²) in [6, 6.07) is 9.35. The Balaban J connectivity index is 1.44. The molecular formula is C27H33N5O3. The molecule has 0 spiro atoms. The maximum absolute atomic E-state index is 13.5. The molecule has 1 aliphatic carbocycles. The first-order valence-electron chi connectivity index (χ1n) is 12.3. The van der Waals surface area contributed by atoms with Gasteiger partial charge in [0, 0.05) is 42.6 Å². The Kier molecular flexibility index (Phi) is 5.67. The third-order valence-electron chi connectivity index (χ3n) is 7.67. The average molecular weight is 476 g/mol. The molecule has 2 aliphatic heterocycles. The van der Waals surface area contributed by atoms with Gasteiger partial charge in [-0.3, -0.25) is 14.6 Å². The topological polar surface area (TPSA) is 85.8 Å². The summed E-state index contributed by atoms with van der Waals surface area (Å²) in [4.78, 5) is 48.8. The van der Waals surface area contributed by atoms with Crippen molar-refractivity contribution in [2.75, 3.05) is 22.9 Å². The number of aromatic nitrogens is 1. The lowest BCUT2D eigenvalue weighted by Crippen LogP contribution is -2.44. The number of hydrogen-bond donors (Lipinski definition) is 1. The molecule has 3 heterocycles. The minimum Gasteiger partial charge on any atom is -0.310 e. The fourth-order valence-corrected chi connectivity index (χ4v) is 5.18. The smallest absolute Gasteiger partial charge is 0.310 e. The van der Waals surface area contributed by atoms with E-state index in [0.717, 1.165) is 29.7 Å². The summed E-state index contributed by atoms with van der Waals surface area (Å²) >= 11 is 0. The number of carbonyl (C=O) groups is 3. The fourth-order valence-electron chi connectivity index (χ4n) is 5.18. The number of rotatable bonds is 6. The van der Waals surface area contributed by atoms with E-state index < -0.39 is 5.54 Å². The van der Waals surface area contributed by atoms with E-state index in [2.05, 4.69) is 24.1 Å². The Labute approximate surface area is 206 Å². The standard InChI is InChI=1S/C27H33N5O3/c1-26(2)17-30(23(33)15-29-19-6-5-7-19)22-14-20(8-9-21(22)26)32-24(34)27(3,4)31(25(32)35)16-18-10-12-28-13-11-18/h8-14,19,29H,5-7,15-17H2,1-4H3. The second-order valence-corrected chi connectivity index (χ2v) is 11.0. The van der Waals surface area contributed by atoms with E-state index in [4.69, 9.17) is 0 Å². The van der Waals surface area contributed by atoms with Gasteiger partial charge in [-0.05, 0) is 62.1 Å². The Morgan fingerprint density at radius 2 is 1.80 bits per heavy atom. The number of amides is 4. The Morgan fingerprint density at radius 1 is 1.09 bits per heavy atom. The normalized spacial score (nSPS) is 20.9. The number of nitrogens with one attached hydrogen (secondary N) is 1. The number of imide groups is 1. The zero-order chi connectivity index (χ0) is 25.0. The SMILES string of the molecule is CC1(C)CN(C(=O)CNC2CCC2)c2cc(N3C(=O)N(Cc4ccncc4)C(C)(C)C3=O)ccc21. The van der Waals surface area contributed by atoms with Crippen molar-refractivity contribution in [3.05, 3.63) is 53.9 Å². The van der Waals surface area contributed by atoms with Gasteiger partial charge in [0.25, 0.3) is 5.91 Å². The molecule has 0 unspecified atom stereocenters. The van der Waals surface area contributed by atoms with Crippen molar-refractivity contribution < 1.29 is 14.4 Å². The molecule has 0 bridgehead atoms. The molecule has 2 fully saturated rings. The van der Waals surface area contributed by atoms with Crippen LogP contribution in [0.15, 0.2) is 42.7 Å². The summed E-state index contributed by atoms with van der Waals surface area (Å²) in [5, 5.41) is 3.36. The van der Waals surface area contributed by atoms with Crippen LogP contribution in [0, 0.1) is 0 Å². The molecular weight excluding hydrogens is 442 g/mol. The Hall–Kier alpha value is -3.26. The Morgan fingerprint density at radius 3 is 2.46 bits per heavy atom. The van der Waals surface area contributed by atoms with Crippen molar-refractivity contribution in [3.8, 4) is 0 Å². The minimum absolute atomic E-state index is 0.0135. The molecule has 35 heavy (non-hydrogen) atoms. The van der Waals surface area contributed by atoms with Gasteiger partial charge < -0.3 is 15.1 Å². The highest BCUT2D eigenvalue weighted by Crippen LogP contribution is 2.44. The van der Waals surface area contributed by atoms with E-state index in [0.29, 0.717) is 31.4 Å². The molecule has 1 aromatic heterocycles. The van der Waals surface area contributed by atoms with Crippen molar-refractivity contribution in [3.63, 3.8) is 0 Å². The van der Waals surface area contributed by atoms with Crippen LogP contribution >= 0.6 is 0 Å². The number of anilines is 2. The molecule has 1 aromatic carbocycles. The molecule has 2 aromatic rings. The minimum atomic E-state index is -0.999. The van der Waals surface area contributed by atoms with E-state index in [1.807, 2.05) is 30.3 Å². The van der Waals surface area contributed by atoms with E-state index in [9.17, 15) is 14.4 Å². The van der Waals surface area contributed by atoms with E-state index in [1.54, 1.807) is 36.0 Å².